The Morgan fingerprint density at radius 2 is 1.46 bits per heavy atom. The Bertz CT molecular complexity index is 1150. The molecule has 6 nitrogen and oxygen atoms in total. The summed E-state index contributed by atoms with van der Waals surface area (Å²) in [7, 11) is 0. The van der Waals surface area contributed by atoms with Gasteiger partial charge in [-0.3, -0.25) is 9.69 Å². The Labute approximate surface area is 207 Å². The van der Waals surface area contributed by atoms with E-state index in [1.807, 2.05) is 70.5 Å². The second kappa shape index (κ2) is 10.6. The summed E-state index contributed by atoms with van der Waals surface area (Å²) in [4.78, 5) is 32.0. The third-order valence-corrected chi connectivity index (χ3v) is 6.92. The molecule has 0 radical (unpaired) electrons. The number of aryl methyl sites for hydroxylation is 1. The molecule has 6 heteroatoms. The summed E-state index contributed by atoms with van der Waals surface area (Å²) in [6.07, 6.45) is 3.45. The summed E-state index contributed by atoms with van der Waals surface area (Å²) in [6.45, 7) is 3.88. The smallest absolute Gasteiger partial charge is 0.326 e. The number of rotatable bonds is 4. The summed E-state index contributed by atoms with van der Waals surface area (Å²) in [5.41, 5.74) is 5.12. The van der Waals surface area contributed by atoms with Gasteiger partial charge in [0, 0.05) is 49.8 Å². The van der Waals surface area contributed by atoms with Crippen molar-refractivity contribution in [1.29, 1.82) is 0 Å². The second-order valence-electron chi connectivity index (χ2n) is 9.24. The predicted molar refractivity (Wildman–Crippen MR) is 141 cm³/mol. The number of nitrogens with one attached hydrogen (secondary N) is 1. The van der Waals surface area contributed by atoms with E-state index >= 15 is 0 Å². The lowest BCUT2D eigenvalue weighted by atomic mass is 10.1. The van der Waals surface area contributed by atoms with Crippen LogP contribution in [0.25, 0.3) is 0 Å². The van der Waals surface area contributed by atoms with Gasteiger partial charge in [0.05, 0.1) is 6.42 Å². The Kier molecular flexibility index (Phi) is 6.98. The third kappa shape index (κ3) is 5.48. The minimum absolute atomic E-state index is 0.112. The van der Waals surface area contributed by atoms with Crippen molar-refractivity contribution in [3.63, 3.8) is 0 Å². The van der Waals surface area contributed by atoms with Crippen molar-refractivity contribution in [3.05, 3.63) is 90.0 Å². The molecule has 1 N–H and O–H groups in total. The van der Waals surface area contributed by atoms with Gasteiger partial charge in [-0.05, 0) is 60.7 Å². The Morgan fingerprint density at radius 3 is 2.23 bits per heavy atom. The fraction of sp³-hybridized carbons (Fsp3) is 0.310. The van der Waals surface area contributed by atoms with Gasteiger partial charge in [0.25, 0.3) is 0 Å². The van der Waals surface area contributed by atoms with Crippen molar-refractivity contribution in [3.8, 4) is 0 Å². The molecule has 2 aliphatic rings. The second-order valence-corrected chi connectivity index (χ2v) is 9.24. The molecule has 5 rings (SSSR count). The van der Waals surface area contributed by atoms with Gasteiger partial charge >= 0.3 is 6.03 Å². The first-order valence-electron chi connectivity index (χ1n) is 12.5. The summed E-state index contributed by atoms with van der Waals surface area (Å²) in [5, 5.41) is 3.03. The fourth-order valence-electron chi connectivity index (χ4n) is 4.94. The zero-order valence-corrected chi connectivity index (χ0v) is 20.0. The molecule has 1 fully saturated rings. The number of benzene rings is 3. The lowest BCUT2D eigenvalue weighted by Gasteiger charge is -2.36. The molecular weight excluding hydrogens is 436 g/mol. The maximum Gasteiger partial charge on any atom is 0.326 e. The highest BCUT2D eigenvalue weighted by Crippen LogP contribution is 2.27. The maximum atomic E-state index is 13.0. The van der Waals surface area contributed by atoms with Crippen LogP contribution in [-0.2, 0) is 17.6 Å². The van der Waals surface area contributed by atoms with E-state index in [-0.39, 0.29) is 11.9 Å². The van der Waals surface area contributed by atoms with Gasteiger partial charge in [-0.15, -0.1) is 0 Å². The van der Waals surface area contributed by atoms with Crippen LogP contribution in [0.1, 0.15) is 24.0 Å². The molecule has 0 aromatic heterocycles. The fourth-order valence-corrected chi connectivity index (χ4v) is 4.94. The number of amides is 3. The summed E-state index contributed by atoms with van der Waals surface area (Å²) < 4.78 is 0. The molecular formula is C29H32N4O2. The van der Waals surface area contributed by atoms with Crippen LogP contribution in [-0.4, -0.2) is 49.6 Å². The van der Waals surface area contributed by atoms with Crippen molar-refractivity contribution >= 4 is 29.0 Å². The van der Waals surface area contributed by atoms with Crippen molar-refractivity contribution in [2.24, 2.45) is 0 Å². The monoisotopic (exact) mass is 468 g/mol. The average Bonchev–Trinajstić information content (AvgIpc) is 3.13. The molecule has 0 atom stereocenters. The van der Waals surface area contributed by atoms with Crippen LogP contribution in [0.2, 0.25) is 0 Å². The molecule has 0 aliphatic carbocycles. The Morgan fingerprint density at radius 1 is 0.743 bits per heavy atom. The average molecular weight is 469 g/mol. The number of carbonyl (C=O) groups is 2. The van der Waals surface area contributed by atoms with Crippen molar-refractivity contribution < 1.29 is 9.59 Å². The number of nitrogens with zero attached hydrogens (tertiary/aromatic N) is 3. The highest BCUT2D eigenvalue weighted by Gasteiger charge is 2.22. The zero-order chi connectivity index (χ0) is 24.0. The Hall–Kier alpha value is -3.80. The van der Waals surface area contributed by atoms with Crippen molar-refractivity contribution in [2.45, 2.75) is 25.7 Å². The molecule has 0 saturated carbocycles. The van der Waals surface area contributed by atoms with Crippen LogP contribution < -0.4 is 15.1 Å². The molecule has 2 aliphatic heterocycles. The van der Waals surface area contributed by atoms with Crippen molar-refractivity contribution in [1.82, 2.24) is 4.90 Å². The topological polar surface area (TPSA) is 55.9 Å². The molecule has 3 amide bonds. The number of hydrogen-bond acceptors (Lipinski definition) is 3. The van der Waals surface area contributed by atoms with E-state index in [0.717, 1.165) is 62.4 Å². The minimum atomic E-state index is -0.112. The lowest BCUT2D eigenvalue weighted by molar-refractivity contribution is -0.130. The summed E-state index contributed by atoms with van der Waals surface area (Å²) >= 11 is 0. The normalized spacial score (nSPS) is 15.8. The summed E-state index contributed by atoms with van der Waals surface area (Å²) in [6, 6.07) is 26.0. The van der Waals surface area contributed by atoms with Crippen LogP contribution in [0.5, 0.6) is 0 Å². The Balaban J connectivity index is 1.15. The van der Waals surface area contributed by atoms with Crippen LogP contribution in [0.4, 0.5) is 21.9 Å². The first kappa shape index (κ1) is 23.0. The van der Waals surface area contributed by atoms with Gasteiger partial charge in [-0.1, -0.05) is 48.5 Å². The molecule has 3 aromatic rings. The first-order chi connectivity index (χ1) is 17.2. The van der Waals surface area contributed by atoms with Crippen molar-refractivity contribution in [2.75, 3.05) is 47.8 Å². The van der Waals surface area contributed by atoms with Gasteiger partial charge < -0.3 is 15.1 Å². The van der Waals surface area contributed by atoms with Crippen LogP contribution in [0.3, 0.4) is 0 Å². The summed E-state index contributed by atoms with van der Waals surface area (Å²) in [5.74, 6) is 0.149. The number of carbonyl (C=O) groups excluding carboxylic acids is 2. The van der Waals surface area contributed by atoms with E-state index in [9.17, 15) is 9.59 Å². The van der Waals surface area contributed by atoms with E-state index in [1.54, 1.807) is 0 Å². The van der Waals surface area contributed by atoms with E-state index < -0.39 is 0 Å². The highest BCUT2D eigenvalue weighted by molar-refractivity contribution is 6.02. The number of hydrogen-bond donors (Lipinski definition) is 1. The third-order valence-electron chi connectivity index (χ3n) is 6.92. The van der Waals surface area contributed by atoms with Gasteiger partial charge in [-0.2, -0.15) is 0 Å². The predicted octanol–water partition coefficient (Wildman–Crippen LogP) is 4.95. The molecule has 2 heterocycles. The van der Waals surface area contributed by atoms with E-state index in [1.165, 1.54) is 11.3 Å². The maximum absolute atomic E-state index is 13.0. The molecule has 0 bridgehead atoms. The van der Waals surface area contributed by atoms with E-state index in [2.05, 4.69) is 28.4 Å². The molecule has 0 unspecified atom stereocenters. The van der Waals surface area contributed by atoms with E-state index in [0.29, 0.717) is 13.0 Å². The van der Waals surface area contributed by atoms with Gasteiger partial charge in [-0.25, -0.2) is 4.79 Å². The molecule has 1 saturated heterocycles. The zero-order valence-electron chi connectivity index (χ0n) is 20.0. The number of urea groups is 1. The molecule has 180 valence electrons. The van der Waals surface area contributed by atoms with Crippen LogP contribution in [0, 0.1) is 0 Å². The largest absolute Gasteiger partial charge is 0.368 e. The highest BCUT2D eigenvalue weighted by atomic mass is 16.2. The first-order valence-corrected chi connectivity index (χ1v) is 12.5. The standard InChI is InChI=1S/C29H32N4O2/c34-28(32-20-18-31(19-21-32)26-10-2-1-3-11-26)22-23-13-15-25(16-14-23)30-29(35)33-17-7-6-9-24-8-4-5-12-27(24)33/h1-5,8,10-16H,6-7,9,17-22H2,(H,30,35). The van der Waals surface area contributed by atoms with Gasteiger partial charge in [0.2, 0.25) is 5.91 Å². The van der Waals surface area contributed by atoms with Crippen LogP contribution in [0.15, 0.2) is 78.9 Å². The number of fused-ring (bicyclic) bond motifs is 1. The SMILES string of the molecule is O=C(Cc1ccc(NC(=O)N2CCCCc3ccccc32)cc1)N1CCN(c2ccccc2)CC1. The van der Waals surface area contributed by atoms with Gasteiger partial charge in [0.1, 0.15) is 0 Å². The molecule has 3 aromatic carbocycles. The lowest BCUT2D eigenvalue weighted by Crippen LogP contribution is -2.49. The number of anilines is 3. The molecule has 0 spiro atoms. The number of para-hydroxylation sites is 2. The quantitative estimate of drug-likeness (QED) is 0.589. The minimum Gasteiger partial charge on any atom is -0.368 e. The number of piperazine rings is 1. The van der Waals surface area contributed by atoms with Gasteiger partial charge in [0.15, 0.2) is 0 Å². The van der Waals surface area contributed by atoms with E-state index in [4.69, 9.17) is 0 Å². The molecule has 35 heavy (non-hydrogen) atoms. The van der Waals surface area contributed by atoms with Crippen LogP contribution >= 0.6 is 0 Å².